The summed E-state index contributed by atoms with van der Waals surface area (Å²) in [5.41, 5.74) is 13.7. The van der Waals surface area contributed by atoms with Crippen molar-refractivity contribution in [2.75, 3.05) is 6.54 Å². The molecule has 266 valence electrons. The quantitative estimate of drug-likeness (QED) is 0.0866. The molecule has 2 aliphatic carbocycles. The number of benzene rings is 2. The third kappa shape index (κ3) is 10.7. The standard InChI is InChI=1S/C37H54BN5O6/c1-23(2)19-31(36(46)41-30(15-9-10-18-39)34(44)33-26-16-17-27(33)28(22-26)38(48)49)43-37(47)32(21-25-13-7-4-8-14-25)42-35(45)29(40)20-24-11-5-3-6-12-24/h3-8,11-14,23,26-33,48-49H,9-10,15-22,39-40H2,1-2H3,(H,41,46)(H,42,45)(H,43,47)/t26-,27+,28?,29-,30-,31-,32-,33?/m1/s1. The van der Waals surface area contributed by atoms with Crippen molar-refractivity contribution < 1.29 is 29.2 Å². The van der Waals surface area contributed by atoms with E-state index < -0.39 is 49.0 Å². The number of rotatable bonds is 19. The van der Waals surface area contributed by atoms with Crippen LogP contribution >= 0.6 is 0 Å². The molecule has 2 saturated carbocycles. The fraction of sp³-hybridized carbons (Fsp3) is 0.568. The molecule has 4 rings (SSSR count). The molecule has 11 nitrogen and oxygen atoms in total. The van der Waals surface area contributed by atoms with Gasteiger partial charge in [-0.2, -0.15) is 0 Å². The molecule has 2 fully saturated rings. The Bertz CT molecular complexity index is 1380. The summed E-state index contributed by atoms with van der Waals surface area (Å²) in [6.07, 6.45) is 4.71. The van der Waals surface area contributed by atoms with E-state index in [0.717, 1.165) is 24.0 Å². The molecule has 2 bridgehead atoms. The number of carbonyl (C=O) groups is 4. The Morgan fingerprint density at radius 3 is 1.94 bits per heavy atom. The van der Waals surface area contributed by atoms with Crippen LogP contribution in [0.25, 0.3) is 0 Å². The van der Waals surface area contributed by atoms with Crippen molar-refractivity contribution in [2.24, 2.45) is 35.1 Å². The summed E-state index contributed by atoms with van der Waals surface area (Å²) in [4.78, 5) is 55.2. The van der Waals surface area contributed by atoms with E-state index in [2.05, 4.69) is 16.0 Å². The normalized spacial score (nSPS) is 22.2. The highest BCUT2D eigenvalue weighted by Crippen LogP contribution is 2.56. The zero-order chi connectivity index (χ0) is 35.5. The Morgan fingerprint density at radius 2 is 1.37 bits per heavy atom. The monoisotopic (exact) mass is 675 g/mol. The minimum absolute atomic E-state index is 0.0291. The average Bonchev–Trinajstić information content (AvgIpc) is 3.66. The summed E-state index contributed by atoms with van der Waals surface area (Å²) in [5, 5.41) is 28.6. The van der Waals surface area contributed by atoms with Crippen LogP contribution in [0.4, 0.5) is 0 Å². The topological polar surface area (TPSA) is 197 Å². The highest BCUT2D eigenvalue weighted by Gasteiger charge is 2.55. The summed E-state index contributed by atoms with van der Waals surface area (Å²) in [7, 11) is -1.47. The second-order valence-corrected chi connectivity index (χ2v) is 14.3. The summed E-state index contributed by atoms with van der Waals surface area (Å²) < 4.78 is 0. The van der Waals surface area contributed by atoms with Crippen molar-refractivity contribution in [1.82, 2.24) is 16.0 Å². The molecule has 3 amide bonds. The van der Waals surface area contributed by atoms with E-state index in [1.165, 1.54) is 0 Å². The molecule has 2 aromatic rings. The smallest absolute Gasteiger partial charge is 0.427 e. The van der Waals surface area contributed by atoms with Crippen LogP contribution in [0.15, 0.2) is 60.7 Å². The number of hydrogen-bond donors (Lipinski definition) is 7. The zero-order valence-electron chi connectivity index (χ0n) is 28.8. The van der Waals surface area contributed by atoms with Crippen LogP contribution in [0, 0.1) is 23.7 Å². The third-order valence-electron chi connectivity index (χ3n) is 10.2. The Morgan fingerprint density at radius 1 is 0.796 bits per heavy atom. The molecule has 49 heavy (non-hydrogen) atoms. The van der Waals surface area contributed by atoms with Gasteiger partial charge in [-0.15, -0.1) is 0 Å². The van der Waals surface area contributed by atoms with Crippen molar-refractivity contribution in [1.29, 1.82) is 0 Å². The predicted molar refractivity (Wildman–Crippen MR) is 190 cm³/mol. The van der Waals surface area contributed by atoms with Crippen molar-refractivity contribution >= 4 is 30.6 Å². The Hall–Kier alpha value is -3.58. The largest absolute Gasteiger partial charge is 0.455 e. The first-order valence-electron chi connectivity index (χ1n) is 17.8. The zero-order valence-corrected chi connectivity index (χ0v) is 28.8. The highest BCUT2D eigenvalue weighted by atomic mass is 16.4. The van der Waals surface area contributed by atoms with E-state index in [-0.39, 0.29) is 41.7 Å². The maximum absolute atomic E-state index is 14.0. The number of ketones is 1. The van der Waals surface area contributed by atoms with Crippen LogP contribution in [-0.4, -0.2) is 71.4 Å². The maximum atomic E-state index is 14.0. The predicted octanol–water partition coefficient (Wildman–Crippen LogP) is 1.89. The molecule has 12 heteroatoms. The Balaban J connectivity index is 1.50. The maximum Gasteiger partial charge on any atom is 0.455 e. The molecule has 9 N–H and O–H groups in total. The van der Waals surface area contributed by atoms with Gasteiger partial charge in [0.25, 0.3) is 0 Å². The molecule has 0 spiro atoms. The van der Waals surface area contributed by atoms with E-state index in [1.54, 1.807) is 0 Å². The third-order valence-corrected chi connectivity index (χ3v) is 10.2. The minimum Gasteiger partial charge on any atom is -0.427 e. The van der Waals surface area contributed by atoms with E-state index >= 15 is 0 Å². The second-order valence-electron chi connectivity index (χ2n) is 14.3. The van der Waals surface area contributed by atoms with E-state index in [1.807, 2.05) is 74.5 Å². The second kappa shape index (κ2) is 18.4. The molecule has 2 aromatic carbocycles. The van der Waals surface area contributed by atoms with E-state index in [9.17, 15) is 29.2 Å². The van der Waals surface area contributed by atoms with Gasteiger partial charge in [0, 0.05) is 12.3 Å². The van der Waals surface area contributed by atoms with Crippen LogP contribution in [0.1, 0.15) is 69.9 Å². The lowest BCUT2D eigenvalue weighted by Crippen LogP contribution is -2.58. The number of Topliss-reactive ketones (excluding diaryl/α,β-unsaturated/α-hetero) is 1. The average molecular weight is 676 g/mol. The Kier molecular flexibility index (Phi) is 14.4. The summed E-state index contributed by atoms with van der Waals surface area (Å²) in [6, 6.07) is 15.1. The van der Waals surface area contributed by atoms with Gasteiger partial charge in [-0.05, 0) is 92.6 Å². The first-order chi connectivity index (χ1) is 23.5. The van der Waals surface area contributed by atoms with Crippen molar-refractivity contribution in [3.8, 4) is 0 Å². The first-order valence-corrected chi connectivity index (χ1v) is 17.8. The lowest BCUT2D eigenvalue weighted by molar-refractivity contribution is -0.135. The highest BCUT2D eigenvalue weighted by molar-refractivity contribution is 6.43. The van der Waals surface area contributed by atoms with Crippen molar-refractivity contribution in [2.45, 2.75) is 102 Å². The molecule has 0 saturated heterocycles. The molecular formula is C37H54BN5O6. The molecular weight excluding hydrogens is 621 g/mol. The van der Waals surface area contributed by atoms with Gasteiger partial charge in [-0.3, -0.25) is 19.2 Å². The summed E-state index contributed by atoms with van der Waals surface area (Å²) in [6.45, 7) is 4.34. The van der Waals surface area contributed by atoms with Gasteiger partial charge in [0.15, 0.2) is 5.78 Å². The Labute approximate surface area is 290 Å². The van der Waals surface area contributed by atoms with Crippen LogP contribution in [0.2, 0.25) is 5.82 Å². The van der Waals surface area contributed by atoms with Gasteiger partial charge in [0.1, 0.15) is 12.1 Å². The lowest BCUT2D eigenvalue weighted by Gasteiger charge is -2.28. The minimum atomic E-state index is -1.47. The fourth-order valence-electron chi connectivity index (χ4n) is 7.73. The molecule has 0 heterocycles. The van der Waals surface area contributed by atoms with Crippen LogP contribution in [0.5, 0.6) is 0 Å². The fourth-order valence-corrected chi connectivity index (χ4v) is 7.73. The van der Waals surface area contributed by atoms with Gasteiger partial charge in [0.05, 0.1) is 12.1 Å². The summed E-state index contributed by atoms with van der Waals surface area (Å²) >= 11 is 0. The molecule has 0 aliphatic heterocycles. The van der Waals surface area contributed by atoms with Crippen molar-refractivity contribution in [3.05, 3.63) is 71.8 Å². The molecule has 8 atom stereocenters. The van der Waals surface area contributed by atoms with E-state index in [4.69, 9.17) is 11.5 Å². The van der Waals surface area contributed by atoms with Crippen molar-refractivity contribution in [3.63, 3.8) is 0 Å². The molecule has 2 unspecified atom stereocenters. The van der Waals surface area contributed by atoms with Gasteiger partial charge in [-0.25, -0.2) is 0 Å². The van der Waals surface area contributed by atoms with Gasteiger partial charge < -0.3 is 37.5 Å². The van der Waals surface area contributed by atoms with Gasteiger partial charge >= 0.3 is 7.12 Å². The number of hydrogen-bond acceptors (Lipinski definition) is 8. The molecule has 0 aromatic heterocycles. The molecule has 2 aliphatic rings. The number of unbranched alkanes of at least 4 members (excludes halogenated alkanes) is 1. The van der Waals surface area contributed by atoms with Gasteiger partial charge in [0.2, 0.25) is 17.7 Å². The van der Waals surface area contributed by atoms with Gasteiger partial charge in [-0.1, -0.05) is 74.5 Å². The number of amides is 3. The van der Waals surface area contributed by atoms with Crippen LogP contribution in [-0.2, 0) is 32.0 Å². The number of carbonyl (C=O) groups excluding carboxylic acids is 4. The number of fused-ring (bicyclic) bond motifs is 2. The first kappa shape index (κ1) is 38.2. The van der Waals surface area contributed by atoms with E-state index in [0.29, 0.717) is 45.1 Å². The SMILES string of the molecule is CC(C)C[C@@H](NC(=O)[C@@H](Cc1ccccc1)NC(=O)[C@H](N)Cc1ccccc1)C(=O)N[C@H](CCCCN)C(=O)C1[C@@H]2CC[C@H]1C(B(O)O)C2. The number of nitrogens with two attached hydrogens (primary N) is 2. The van der Waals surface area contributed by atoms with Crippen LogP contribution in [0.3, 0.4) is 0 Å². The lowest BCUT2D eigenvalue weighted by atomic mass is 9.64. The molecule has 0 radical (unpaired) electrons. The van der Waals surface area contributed by atoms with Crippen LogP contribution < -0.4 is 27.4 Å². The number of nitrogens with one attached hydrogen (secondary N) is 3. The summed E-state index contributed by atoms with van der Waals surface area (Å²) in [5.74, 6) is -2.30.